The van der Waals surface area contributed by atoms with Gasteiger partial charge in [0, 0.05) is 6.42 Å². The van der Waals surface area contributed by atoms with Gasteiger partial charge in [0.2, 0.25) is 0 Å². The molecule has 0 spiro atoms. The summed E-state index contributed by atoms with van der Waals surface area (Å²) >= 11 is -1.62. The number of H-pyrrole nitrogens is 1. The number of nitrogens with zero attached hydrogens (tertiary/aromatic N) is 1. The summed E-state index contributed by atoms with van der Waals surface area (Å²) < 4.78 is 25.9. The molecule has 1 aliphatic carbocycles. The average molecular weight is 547 g/mol. The number of ether oxygens (including phenoxy) is 1. The number of allylic oxidation sites excluding steroid dienone is 4. The third-order valence-corrected chi connectivity index (χ3v) is 11.6. The first-order valence-electron chi connectivity index (χ1n) is 11.7. The van der Waals surface area contributed by atoms with Crippen LogP contribution < -0.4 is 12.3 Å². The van der Waals surface area contributed by atoms with Crippen LogP contribution in [0.1, 0.15) is 70.1 Å². The zero-order chi connectivity index (χ0) is 22.7. The molecule has 5 nitrogen and oxygen atoms in total. The Morgan fingerprint density at radius 2 is 2.19 bits per heavy atom. The standard InChI is InChI=1S/C24H31FN4O.CH3.Sb/c1-4-8-22(30-19(5-2)6-3)17-12-11-16(13-17)21-14-23(29-28-21)27-20-10-7-9-18(15-26)24(20)25;;/h5,7-8,10,14,16-17,26H,4,6,11-13,15H2,1-3H3,(H2,27,28,29);1H3;/q-1;;+1/b19-5-,22-8+;;. The Balaban J connectivity index is 1.43. The zero-order valence-corrected chi connectivity index (χ0v) is 22.0. The number of rotatable bonds is 8. The summed E-state index contributed by atoms with van der Waals surface area (Å²) in [6, 6.07) is 5.97. The van der Waals surface area contributed by atoms with Crippen molar-refractivity contribution < 1.29 is 9.13 Å². The Kier molecular flexibility index (Phi) is 7.62. The minimum atomic E-state index is -1.62. The molecule has 1 aromatic heterocycles. The quantitative estimate of drug-likeness (QED) is 0.292. The van der Waals surface area contributed by atoms with E-state index >= 15 is 0 Å². The molecule has 0 saturated heterocycles. The van der Waals surface area contributed by atoms with Crippen LogP contribution in [0.5, 0.6) is 0 Å². The van der Waals surface area contributed by atoms with Crippen molar-refractivity contribution in [2.75, 3.05) is 5.32 Å². The molecule has 2 unspecified atom stereocenters. The van der Waals surface area contributed by atoms with Crippen molar-refractivity contribution in [3.05, 3.63) is 58.9 Å². The fourth-order valence-corrected chi connectivity index (χ4v) is 8.85. The number of aromatic amines is 1. The molecule has 0 radical (unpaired) electrons. The predicted octanol–water partition coefficient (Wildman–Crippen LogP) is 5.73. The van der Waals surface area contributed by atoms with Gasteiger partial charge < -0.3 is 4.74 Å². The molecular weight excluding hydrogens is 513 g/mol. The normalized spacial score (nSPS) is 21.8. The molecule has 2 aromatic rings. The van der Waals surface area contributed by atoms with Gasteiger partial charge in [-0.05, 0) is 25.5 Å². The van der Waals surface area contributed by atoms with Crippen molar-refractivity contribution in [3.8, 4) is 0 Å². The Labute approximate surface area is 198 Å². The van der Waals surface area contributed by atoms with Crippen molar-refractivity contribution >= 4 is 35.5 Å². The summed E-state index contributed by atoms with van der Waals surface area (Å²) in [6.45, 7) is 6.96. The van der Waals surface area contributed by atoms with E-state index in [9.17, 15) is 4.39 Å². The fourth-order valence-electron chi connectivity index (χ4n) is 4.72. The Morgan fingerprint density at radius 3 is 2.94 bits per heavy atom. The molecule has 2 aliphatic rings. The van der Waals surface area contributed by atoms with E-state index in [2.05, 4.69) is 55.9 Å². The van der Waals surface area contributed by atoms with E-state index in [0.717, 1.165) is 54.9 Å². The van der Waals surface area contributed by atoms with Gasteiger partial charge in [-0.2, -0.15) is 0 Å². The molecule has 2 heterocycles. The molecule has 3 N–H and O–H groups in total. The third-order valence-electron chi connectivity index (χ3n) is 6.53. The molecule has 4 rings (SSSR count). The Morgan fingerprint density at radius 1 is 1.34 bits per heavy atom. The van der Waals surface area contributed by atoms with Gasteiger partial charge in [-0.3, -0.25) is 0 Å². The summed E-state index contributed by atoms with van der Waals surface area (Å²) in [5, 5.41) is 10.8. The van der Waals surface area contributed by atoms with Crippen molar-refractivity contribution in [3.63, 3.8) is 0 Å². The van der Waals surface area contributed by atoms with Crippen LogP contribution in [-0.2, 0) is 11.3 Å². The van der Waals surface area contributed by atoms with Crippen LogP contribution in [0.4, 0.5) is 15.9 Å². The Hall–Kier alpha value is -1.78. The van der Waals surface area contributed by atoms with Crippen LogP contribution in [0.3, 0.4) is 0 Å². The topological polar surface area (TPSA) is 62.0 Å². The van der Waals surface area contributed by atoms with Crippen LogP contribution in [0.25, 0.3) is 0 Å². The first-order valence-corrected chi connectivity index (χ1v) is 16.8. The summed E-state index contributed by atoms with van der Waals surface area (Å²) in [5.41, 5.74) is 2.45. The molecular formula is C25H34FN4OSb. The molecule has 172 valence electrons. The zero-order valence-electron chi connectivity index (χ0n) is 19.5. The van der Waals surface area contributed by atoms with E-state index in [1.54, 1.807) is 0 Å². The van der Waals surface area contributed by atoms with Gasteiger partial charge in [0.1, 0.15) is 0 Å². The summed E-state index contributed by atoms with van der Waals surface area (Å²) in [5.74, 6) is 3.50. The van der Waals surface area contributed by atoms with E-state index in [4.69, 9.17) is 4.74 Å². The van der Waals surface area contributed by atoms with Gasteiger partial charge in [-0.25, -0.2) is 0 Å². The van der Waals surface area contributed by atoms with Crippen molar-refractivity contribution in [2.24, 2.45) is 5.92 Å². The molecule has 0 amide bonds. The molecule has 1 aliphatic heterocycles. The van der Waals surface area contributed by atoms with Gasteiger partial charge >= 0.3 is 142 Å². The number of aromatic nitrogens is 2. The first-order chi connectivity index (χ1) is 15.5. The molecule has 1 saturated carbocycles. The second-order valence-electron chi connectivity index (χ2n) is 8.58. The van der Waals surface area contributed by atoms with Crippen LogP contribution in [0.2, 0.25) is 4.87 Å². The SMILES string of the molecule is C/C=C(/CC)O/C(=C/CC)C1CCC(c2cc(Nc3cc[c]4c(c3F)C[NH][Sb]4[CH3])n[nH]2)C1. The minimum absolute atomic E-state index is 0.142. The van der Waals surface area contributed by atoms with Crippen molar-refractivity contribution in [1.29, 1.82) is 0 Å². The second kappa shape index (κ2) is 10.4. The summed E-state index contributed by atoms with van der Waals surface area (Å²) in [6.07, 6.45) is 9.39. The number of benzene rings is 1. The molecule has 0 bridgehead atoms. The third kappa shape index (κ3) is 4.91. The van der Waals surface area contributed by atoms with Gasteiger partial charge in [0.15, 0.2) is 0 Å². The molecule has 1 fully saturated rings. The molecule has 2 atom stereocenters. The van der Waals surface area contributed by atoms with E-state index < -0.39 is 20.5 Å². The maximum absolute atomic E-state index is 15.0. The van der Waals surface area contributed by atoms with E-state index in [1.807, 2.05) is 19.1 Å². The van der Waals surface area contributed by atoms with Gasteiger partial charge in [0.25, 0.3) is 0 Å². The summed E-state index contributed by atoms with van der Waals surface area (Å²) in [4.78, 5) is 2.24. The fraction of sp³-hybridized carbons (Fsp3) is 0.480. The predicted molar refractivity (Wildman–Crippen MR) is 130 cm³/mol. The first kappa shape index (κ1) is 23.4. The number of hydrogen-bond acceptors (Lipinski definition) is 4. The second-order valence-corrected chi connectivity index (χ2v) is 14.1. The molecule has 32 heavy (non-hydrogen) atoms. The number of fused-ring (bicyclic) bond motifs is 1. The summed E-state index contributed by atoms with van der Waals surface area (Å²) in [7, 11) is 0. The van der Waals surface area contributed by atoms with Crippen molar-refractivity contribution in [1.82, 2.24) is 13.7 Å². The number of nitrogens with one attached hydrogen (secondary N) is 3. The number of anilines is 2. The molecule has 7 heteroatoms. The average Bonchev–Trinajstić information content (AvgIpc) is 3.53. The van der Waals surface area contributed by atoms with E-state index in [-0.39, 0.29) is 5.82 Å². The van der Waals surface area contributed by atoms with Crippen molar-refractivity contribution in [2.45, 2.75) is 70.2 Å². The van der Waals surface area contributed by atoms with Gasteiger partial charge in [-0.15, -0.1) is 0 Å². The van der Waals surface area contributed by atoms with E-state index in [0.29, 0.717) is 29.9 Å². The van der Waals surface area contributed by atoms with Gasteiger partial charge in [0.05, 0.1) is 5.76 Å². The number of hydrogen-bond donors (Lipinski definition) is 3. The molecule has 1 aromatic carbocycles. The van der Waals surface area contributed by atoms with Crippen LogP contribution >= 0.6 is 0 Å². The van der Waals surface area contributed by atoms with Gasteiger partial charge in [-0.1, -0.05) is 13.8 Å². The monoisotopic (exact) mass is 546 g/mol. The van der Waals surface area contributed by atoms with E-state index in [1.165, 1.54) is 3.51 Å². The van der Waals surface area contributed by atoms with Crippen LogP contribution in [0.15, 0.2) is 41.9 Å². The maximum atomic E-state index is 15.0. The Bertz CT molecular complexity index is 1020. The van der Waals surface area contributed by atoms with Crippen LogP contribution in [-0.4, -0.2) is 30.7 Å². The van der Waals surface area contributed by atoms with Crippen LogP contribution in [0, 0.1) is 11.7 Å². The number of halogens is 1.